The molecule has 5 heteroatoms. The summed E-state index contributed by atoms with van der Waals surface area (Å²) in [6, 6.07) is -0.223. The van der Waals surface area contributed by atoms with Crippen molar-refractivity contribution < 1.29 is 8.78 Å². The van der Waals surface area contributed by atoms with Crippen LogP contribution in [-0.4, -0.2) is 43.5 Å². The molecular weight excluding hydrogens is 176 g/mol. The van der Waals surface area contributed by atoms with Gasteiger partial charge in [0.15, 0.2) is 5.96 Å². The number of halogens is 2. The molecule has 0 fully saturated rings. The number of aliphatic imine (C=N–C) groups is 1. The molecule has 0 aromatic rings. The predicted octanol–water partition coefficient (Wildman–Crippen LogP) is 0.921. The molecule has 0 bridgehead atoms. The predicted molar refractivity (Wildman–Crippen MR) is 48.2 cm³/mol. The van der Waals surface area contributed by atoms with Crippen LogP contribution in [0.5, 0.6) is 0 Å². The second-order valence-corrected chi connectivity index (χ2v) is 3.30. The van der Waals surface area contributed by atoms with Gasteiger partial charge in [-0.1, -0.05) is 0 Å². The lowest BCUT2D eigenvalue weighted by atomic mass is 10.2. The Morgan fingerprint density at radius 3 is 2.77 bits per heavy atom. The number of nitrogens with one attached hydrogen (secondary N) is 1. The molecule has 0 aromatic heterocycles. The normalized spacial score (nSPS) is 19.2. The maximum atomic E-state index is 12.0. The summed E-state index contributed by atoms with van der Waals surface area (Å²) < 4.78 is 23.9. The standard InChI is InChI=1S/C8H15F2N3/c1-6(5-7(9)10)12-8-11-3-4-13(8)2/h6-7H,3-5H2,1-2H3,(H,11,12). The van der Waals surface area contributed by atoms with Gasteiger partial charge in [-0.25, -0.2) is 8.78 Å². The monoisotopic (exact) mass is 191 g/mol. The topological polar surface area (TPSA) is 27.6 Å². The Morgan fingerprint density at radius 1 is 1.62 bits per heavy atom. The summed E-state index contributed by atoms with van der Waals surface area (Å²) in [5.74, 6) is 0.730. The summed E-state index contributed by atoms with van der Waals surface area (Å²) in [4.78, 5) is 6.08. The van der Waals surface area contributed by atoms with Crippen molar-refractivity contribution >= 4 is 5.96 Å². The van der Waals surface area contributed by atoms with Gasteiger partial charge in [0, 0.05) is 26.1 Å². The summed E-state index contributed by atoms with van der Waals surface area (Å²) in [6.07, 6.45) is -2.39. The van der Waals surface area contributed by atoms with Crippen molar-refractivity contribution in [3.05, 3.63) is 0 Å². The van der Waals surface area contributed by atoms with Crippen molar-refractivity contribution in [2.75, 3.05) is 20.1 Å². The van der Waals surface area contributed by atoms with Gasteiger partial charge in [0.25, 0.3) is 0 Å². The van der Waals surface area contributed by atoms with E-state index in [1.165, 1.54) is 0 Å². The molecule has 0 aliphatic carbocycles. The van der Waals surface area contributed by atoms with Crippen molar-refractivity contribution in [3.63, 3.8) is 0 Å². The minimum atomic E-state index is -2.25. The lowest BCUT2D eigenvalue weighted by Crippen LogP contribution is -2.41. The van der Waals surface area contributed by atoms with Crippen molar-refractivity contribution in [1.29, 1.82) is 0 Å². The quantitative estimate of drug-likeness (QED) is 0.718. The molecule has 0 spiro atoms. The third-order valence-electron chi connectivity index (χ3n) is 1.97. The summed E-state index contributed by atoms with van der Waals surface area (Å²) >= 11 is 0. The molecule has 0 saturated carbocycles. The summed E-state index contributed by atoms with van der Waals surface area (Å²) in [7, 11) is 1.90. The van der Waals surface area contributed by atoms with Crippen molar-refractivity contribution in [2.24, 2.45) is 4.99 Å². The van der Waals surface area contributed by atoms with Crippen LogP contribution in [0.15, 0.2) is 4.99 Å². The van der Waals surface area contributed by atoms with E-state index in [9.17, 15) is 8.78 Å². The average Bonchev–Trinajstić information content (AvgIpc) is 2.34. The Hall–Kier alpha value is -0.870. The van der Waals surface area contributed by atoms with Crippen LogP contribution in [0.2, 0.25) is 0 Å². The van der Waals surface area contributed by atoms with Crippen LogP contribution in [0.1, 0.15) is 13.3 Å². The smallest absolute Gasteiger partial charge is 0.240 e. The first kappa shape index (κ1) is 10.2. The minimum Gasteiger partial charge on any atom is -0.354 e. The number of likely N-dealkylation sites (N-methyl/N-ethyl adjacent to an activating group) is 1. The Morgan fingerprint density at radius 2 is 2.31 bits per heavy atom. The van der Waals surface area contributed by atoms with E-state index in [0.29, 0.717) is 0 Å². The number of rotatable bonds is 3. The number of alkyl halides is 2. The fraction of sp³-hybridized carbons (Fsp3) is 0.875. The van der Waals surface area contributed by atoms with E-state index < -0.39 is 6.43 Å². The molecule has 3 nitrogen and oxygen atoms in total. The van der Waals surface area contributed by atoms with Crippen molar-refractivity contribution in [2.45, 2.75) is 25.8 Å². The molecule has 13 heavy (non-hydrogen) atoms. The first-order valence-electron chi connectivity index (χ1n) is 4.40. The molecule has 1 N–H and O–H groups in total. The molecule has 0 aromatic carbocycles. The highest BCUT2D eigenvalue weighted by molar-refractivity contribution is 5.81. The lowest BCUT2D eigenvalue weighted by molar-refractivity contribution is 0.127. The van der Waals surface area contributed by atoms with Gasteiger partial charge in [0.05, 0.1) is 6.54 Å². The molecular formula is C8H15F2N3. The second-order valence-electron chi connectivity index (χ2n) is 3.30. The van der Waals surface area contributed by atoms with Gasteiger partial charge in [-0.15, -0.1) is 0 Å². The molecule has 1 rings (SSSR count). The van der Waals surface area contributed by atoms with E-state index in [0.717, 1.165) is 19.0 Å². The molecule has 76 valence electrons. The summed E-state index contributed by atoms with van der Waals surface area (Å²) in [5, 5.41) is 2.96. The van der Waals surface area contributed by atoms with E-state index in [-0.39, 0.29) is 12.5 Å². The maximum Gasteiger partial charge on any atom is 0.240 e. The molecule has 1 unspecified atom stereocenters. The van der Waals surface area contributed by atoms with Crippen LogP contribution in [0.3, 0.4) is 0 Å². The van der Waals surface area contributed by atoms with E-state index in [1.54, 1.807) is 6.92 Å². The first-order chi connectivity index (χ1) is 6.09. The van der Waals surface area contributed by atoms with Crippen molar-refractivity contribution in [1.82, 2.24) is 10.2 Å². The third kappa shape index (κ3) is 3.16. The molecule has 1 heterocycles. The highest BCUT2D eigenvalue weighted by atomic mass is 19.3. The second kappa shape index (κ2) is 4.39. The summed E-state index contributed by atoms with van der Waals surface area (Å²) in [6.45, 7) is 3.35. The maximum absolute atomic E-state index is 12.0. The molecule has 1 atom stereocenters. The third-order valence-corrected chi connectivity index (χ3v) is 1.97. The SMILES string of the molecule is CC(CC(F)F)NC1=NCCN1C. The molecule has 1 aliphatic rings. The fourth-order valence-corrected chi connectivity index (χ4v) is 1.23. The largest absolute Gasteiger partial charge is 0.354 e. The van der Waals surface area contributed by atoms with Gasteiger partial charge in [0.2, 0.25) is 6.43 Å². The zero-order valence-corrected chi connectivity index (χ0v) is 7.93. The number of hydrogen-bond donors (Lipinski definition) is 1. The number of guanidine groups is 1. The van der Waals surface area contributed by atoms with Gasteiger partial charge in [-0.3, -0.25) is 4.99 Å². The van der Waals surface area contributed by atoms with Gasteiger partial charge in [0.1, 0.15) is 0 Å². The Bertz CT molecular complexity index is 194. The van der Waals surface area contributed by atoms with Gasteiger partial charge in [-0.2, -0.15) is 0 Å². The van der Waals surface area contributed by atoms with E-state index >= 15 is 0 Å². The fourth-order valence-electron chi connectivity index (χ4n) is 1.23. The minimum absolute atomic E-state index is 0.132. The number of nitrogens with zero attached hydrogens (tertiary/aromatic N) is 2. The van der Waals surface area contributed by atoms with E-state index in [4.69, 9.17) is 0 Å². The molecule has 0 saturated heterocycles. The Balaban J connectivity index is 2.31. The van der Waals surface area contributed by atoms with Crippen LogP contribution in [0, 0.1) is 0 Å². The van der Waals surface area contributed by atoms with Crippen LogP contribution < -0.4 is 5.32 Å². The first-order valence-corrected chi connectivity index (χ1v) is 4.40. The molecule has 0 amide bonds. The zero-order valence-electron chi connectivity index (χ0n) is 7.93. The lowest BCUT2D eigenvalue weighted by Gasteiger charge is -2.19. The Labute approximate surface area is 76.8 Å². The van der Waals surface area contributed by atoms with E-state index in [2.05, 4.69) is 10.3 Å². The van der Waals surface area contributed by atoms with Crippen molar-refractivity contribution in [3.8, 4) is 0 Å². The zero-order chi connectivity index (χ0) is 9.84. The van der Waals surface area contributed by atoms with Crippen LogP contribution >= 0.6 is 0 Å². The molecule has 1 aliphatic heterocycles. The van der Waals surface area contributed by atoms with E-state index in [1.807, 2.05) is 11.9 Å². The van der Waals surface area contributed by atoms with Crippen LogP contribution in [0.25, 0.3) is 0 Å². The van der Waals surface area contributed by atoms with Gasteiger partial charge < -0.3 is 10.2 Å². The van der Waals surface area contributed by atoms with Crippen LogP contribution in [-0.2, 0) is 0 Å². The average molecular weight is 191 g/mol. The van der Waals surface area contributed by atoms with Crippen LogP contribution in [0.4, 0.5) is 8.78 Å². The highest BCUT2D eigenvalue weighted by Crippen LogP contribution is 2.04. The van der Waals surface area contributed by atoms with Gasteiger partial charge >= 0.3 is 0 Å². The van der Waals surface area contributed by atoms with Gasteiger partial charge in [-0.05, 0) is 6.92 Å². The summed E-state index contributed by atoms with van der Waals surface area (Å²) in [5.41, 5.74) is 0. The molecule has 0 radical (unpaired) electrons. The highest BCUT2D eigenvalue weighted by Gasteiger charge is 2.16. The number of hydrogen-bond acceptors (Lipinski definition) is 3. The Kier molecular flexibility index (Phi) is 3.45.